The lowest BCUT2D eigenvalue weighted by molar-refractivity contribution is -0.384. The van der Waals surface area contributed by atoms with Crippen LogP contribution in [0.25, 0.3) is 0 Å². The molecule has 0 saturated carbocycles. The highest BCUT2D eigenvalue weighted by molar-refractivity contribution is 7.09. The van der Waals surface area contributed by atoms with Crippen LogP contribution in [0, 0.1) is 17.0 Å². The Balaban J connectivity index is 1.63. The first-order valence-electron chi connectivity index (χ1n) is 8.06. The van der Waals surface area contributed by atoms with Gasteiger partial charge in [-0.3, -0.25) is 10.1 Å². The summed E-state index contributed by atoms with van der Waals surface area (Å²) in [5.41, 5.74) is 1.75. The predicted octanol–water partition coefficient (Wildman–Crippen LogP) is 4.30. The summed E-state index contributed by atoms with van der Waals surface area (Å²) < 4.78 is 11.0. The van der Waals surface area contributed by atoms with Gasteiger partial charge in [0.05, 0.1) is 15.6 Å². The molecule has 0 aliphatic rings. The fraction of sp³-hybridized carbons (Fsp3) is 0.158. The van der Waals surface area contributed by atoms with Crippen LogP contribution in [0.3, 0.4) is 0 Å². The molecular formula is C19H16N2O5S. The summed E-state index contributed by atoms with van der Waals surface area (Å²) in [6.45, 7) is 2.19. The van der Waals surface area contributed by atoms with E-state index in [1.165, 1.54) is 23.5 Å². The van der Waals surface area contributed by atoms with Gasteiger partial charge in [0.1, 0.15) is 24.5 Å². The highest BCUT2D eigenvalue weighted by Gasteiger charge is 2.15. The smallest absolute Gasteiger partial charge is 0.342 e. The van der Waals surface area contributed by atoms with Crippen molar-refractivity contribution in [2.45, 2.75) is 20.1 Å². The van der Waals surface area contributed by atoms with E-state index in [0.29, 0.717) is 16.9 Å². The highest BCUT2D eigenvalue weighted by Crippen LogP contribution is 2.22. The molecule has 27 heavy (non-hydrogen) atoms. The van der Waals surface area contributed by atoms with Crippen molar-refractivity contribution in [1.82, 2.24) is 4.98 Å². The molecule has 3 rings (SSSR count). The number of esters is 1. The lowest BCUT2D eigenvalue weighted by Gasteiger charge is -2.10. The van der Waals surface area contributed by atoms with Crippen LogP contribution in [0.1, 0.15) is 26.6 Å². The number of non-ortho nitro benzene ring substituents is 1. The fourth-order valence-corrected chi connectivity index (χ4v) is 2.93. The minimum atomic E-state index is -0.529. The second kappa shape index (κ2) is 8.41. The van der Waals surface area contributed by atoms with Crippen LogP contribution in [0.15, 0.2) is 53.9 Å². The first kappa shape index (κ1) is 18.5. The summed E-state index contributed by atoms with van der Waals surface area (Å²) in [5.74, 6) is -0.115. The average molecular weight is 384 g/mol. The monoisotopic (exact) mass is 384 g/mol. The van der Waals surface area contributed by atoms with Gasteiger partial charge in [0.15, 0.2) is 0 Å². The predicted molar refractivity (Wildman–Crippen MR) is 99.8 cm³/mol. The minimum Gasteiger partial charge on any atom is -0.486 e. The largest absolute Gasteiger partial charge is 0.486 e. The first-order valence-corrected chi connectivity index (χ1v) is 8.94. The van der Waals surface area contributed by atoms with E-state index < -0.39 is 10.9 Å². The topological polar surface area (TPSA) is 91.6 Å². The zero-order valence-corrected chi connectivity index (χ0v) is 15.3. The average Bonchev–Trinajstić information content (AvgIpc) is 3.10. The van der Waals surface area contributed by atoms with Gasteiger partial charge in [-0.05, 0) is 36.8 Å². The van der Waals surface area contributed by atoms with Gasteiger partial charge in [-0.15, -0.1) is 11.3 Å². The zero-order chi connectivity index (χ0) is 19.2. The molecule has 0 aliphatic heterocycles. The molecule has 2 aromatic carbocycles. The molecule has 8 heteroatoms. The van der Waals surface area contributed by atoms with E-state index in [2.05, 4.69) is 4.98 Å². The second-order valence-electron chi connectivity index (χ2n) is 5.64. The number of aryl methyl sites for hydroxylation is 1. The number of rotatable bonds is 7. The summed E-state index contributed by atoms with van der Waals surface area (Å²) in [7, 11) is 0. The standard InChI is InChI=1S/C19H16N2O5S/c1-13-20-15(12-27-13)11-25-18-5-3-2-4-17(18)19(22)26-10-14-6-8-16(9-7-14)21(23)24/h2-9,12H,10-11H2,1H3. The Hall–Kier alpha value is -3.26. The van der Waals surface area contributed by atoms with Crippen LogP contribution < -0.4 is 4.74 Å². The molecule has 0 bridgehead atoms. The number of carbonyl (C=O) groups excluding carboxylic acids is 1. The molecule has 0 saturated heterocycles. The van der Waals surface area contributed by atoms with Crippen LogP contribution in [0.4, 0.5) is 5.69 Å². The Morgan fingerprint density at radius 1 is 1.15 bits per heavy atom. The van der Waals surface area contributed by atoms with Crippen molar-refractivity contribution in [1.29, 1.82) is 0 Å². The molecule has 1 aromatic heterocycles. The van der Waals surface area contributed by atoms with Crippen LogP contribution in [0.2, 0.25) is 0 Å². The van der Waals surface area contributed by atoms with E-state index >= 15 is 0 Å². The van der Waals surface area contributed by atoms with Gasteiger partial charge in [-0.2, -0.15) is 0 Å². The molecule has 0 radical (unpaired) electrons. The van der Waals surface area contributed by atoms with Crippen molar-refractivity contribution < 1.29 is 19.2 Å². The molecular weight excluding hydrogens is 368 g/mol. The summed E-state index contributed by atoms with van der Waals surface area (Å²) in [6.07, 6.45) is 0. The van der Waals surface area contributed by atoms with Crippen LogP contribution in [-0.2, 0) is 18.0 Å². The van der Waals surface area contributed by atoms with Gasteiger partial charge in [0, 0.05) is 17.5 Å². The van der Waals surface area contributed by atoms with E-state index in [-0.39, 0.29) is 18.9 Å². The van der Waals surface area contributed by atoms with E-state index in [1.54, 1.807) is 36.4 Å². The Morgan fingerprint density at radius 2 is 1.89 bits per heavy atom. The molecule has 0 fully saturated rings. The second-order valence-corrected chi connectivity index (χ2v) is 6.70. The quantitative estimate of drug-likeness (QED) is 0.343. The van der Waals surface area contributed by atoms with Crippen molar-refractivity contribution in [2.24, 2.45) is 0 Å². The number of aromatic nitrogens is 1. The number of nitro groups is 1. The Morgan fingerprint density at radius 3 is 2.56 bits per heavy atom. The molecule has 1 heterocycles. The maximum absolute atomic E-state index is 12.4. The Kier molecular flexibility index (Phi) is 5.77. The molecule has 0 spiro atoms. The Bertz CT molecular complexity index is 953. The Labute approximate surface area is 159 Å². The molecule has 0 amide bonds. The highest BCUT2D eigenvalue weighted by atomic mass is 32.1. The van der Waals surface area contributed by atoms with Crippen LogP contribution in [0.5, 0.6) is 5.75 Å². The number of hydrogen-bond donors (Lipinski definition) is 0. The molecule has 0 aliphatic carbocycles. The maximum atomic E-state index is 12.4. The van der Waals surface area contributed by atoms with Crippen LogP contribution >= 0.6 is 11.3 Å². The number of carbonyl (C=O) groups is 1. The zero-order valence-electron chi connectivity index (χ0n) is 14.5. The number of benzene rings is 2. The SMILES string of the molecule is Cc1nc(COc2ccccc2C(=O)OCc2ccc([N+](=O)[O-])cc2)cs1. The van der Waals surface area contributed by atoms with Gasteiger partial charge in [-0.1, -0.05) is 12.1 Å². The van der Waals surface area contributed by atoms with Crippen molar-refractivity contribution in [3.8, 4) is 5.75 Å². The minimum absolute atomic E-state index is 0.0104. The third-order valence-electron chi connectivity index (χ3n) is 3.67. The fourth-order valence-electron chi connectivity index (χ4n) is 2.33. The normalized spacial score (nSPS) is 10.4. The summed E-state index contributed by atoms with van der Waals surface area (Å²) >= 11 is 1.53. The maximum Gasteiger partial charge on any atom is 0.342 e. The molecule has 7 nitrogen and oxygen atoms in total. The van der Waals surface area contributed by atoms with E-state index in [4.69, 9.17) is 9.47 Å². The van der Waals surface area contributed by atoms with Crippen molar-refractivity contribution in [2.75, 3.05) is 0 Å². The number of hydrogen-bond acceptors (Lipinski definition) is 7. The van der Waals surface area contributed by atoms with E-state index in [0.717, 1.165) is 10.7 Å². The first-order chi connectivity index (χ1) is 13.0. The third-order valence-corrected chi connectivity index (χ3v) is 4.49. The molecule has 0 N–H and O–H groups in total. The molecule has 3 aromatic rings. The lowest BCUT2D eigenvalue weighted by atomic mass is 10.2. The molecule has 138 valence electrons. The van der Waals surface area contributed by atoms with Crippen LogP contribution in [-0.4, -0.2) is 15.9 Å². The number of ether oxygens (including phenoxy) is 2. The van der Waals surface area contributed by atoms with Gasteiger partial charge < -0.3 is 9.47 Å². The van der Waals surface area contributed by atoms with Crippen molar-refractivity contribution in [3.63, 3.8) is 0 Å². The number of thiazole rings is 1. The summed E-state index contributed by atoms with van der Waals surface area (Å²) in [4.78, 5) is 26.9. The van der Waals surface area contributed by atoms with Gasteiger partial charge in [0.2, 0.25) is 0 Å². The molecule has 0 atom stereocenters. The third kappa shape index (κ3) is 4.89. The van der Waals surface area contributed by atoms with Crippen molar-refractivity contribution >= 4 is 23.0 Å². The van der Waals surface area contributed by atoms with Gasteiger partial charge in [-0.25, -0.2) is 9.78 Å². The van der Waals surface area contributed by atoms with Gasteiger partial charge >= 0.3 is 5.97 Å². The van der Waals surface area contributed by atoms with Crippen molar-refractivity contribution in [3.05, 3.63) is 85.9 Å². The van der Waals surface area contributed by atoms with E-state index in [1.807, 2.05) is 12.3 Å². The molecule has 0 unspecified atom stereocenters. The summed E-state index contributed by atoms with van der Waals surface area (Å²) in [5, 5.41) is 13.5. The van der Waals surface area contributed by atoms with E-state index in [9.17, 15) is 14.9 Å². The number of nitrogens with zero attached hydrogens (tertiary/aromatic N) is 2. The number of nitro benzene ring substituents is 1. The lowest BCUT2D eigenvalue weighted by Crippen LogP contribution is -2.08. The van der Waals surface area contributed by atoms with Gasteiger partial charge in [0.25, 0.3) is 5.69 Å². The number of para-hydroxylation sites is 1. The summed E-state index contributed by atoms with van der Waals surface area (Å²) in [6, 6.07) is 12.7.